The minimum absolute atomic E-state index is 0.117. The molecule has 0 saturated heterocycles. The molecule has 420 valence electrons. The van der Waals surface area contributed by atoms with Crippen LogP contribution in [0, 0.1) is 0 Å². The normalized spacial score (nSPS) is 13.3. The van der Waals surface area contributed by atoms with Gasteiger partial charge in [-0.05, 0) is 116 Å². The van der Waals surface area contributed by atoms with Gasteiger partial charge in [-0.1, -0.05) is 262 Å². The van der Waals surface area contributed by atoms with E-state index < -0.39 is 12.1 Å². The first-order chi connectivity index (χ1) is 37.0. The molecule has 0 aliphatic carbocycles. The monoisotopic (exact) mass is 1030 g/mol. The number of ether oxygens (including phenoxy) is 3. The number of unbranched alkanes of at least 4 members (excludes halogenated alkanes) is 15. The Bertz CT molecular complexity index is 1710. The van der Waals surface area contributed by atoms with Crippen molar-refractivity contribution in [1.29, 1.82) is 0 Å². The predicted molar refractivity (Wildman–Crippen MR) is 325 cm³/mol. The quantitative estimate of drug-likeness (QED) is 0.0261. The summed E-state index contributed by atoms with van der Waals surface area (Å²) in [7, 11) is 0. The molecule has 0 aromatic heterocycles. The van der Waals surface area contributed by atoms with Crippen LogP contribution in [0.15, 0.2) is 158 Å². The van der Waals surface area contributed by atoms with Crippen molar-refractivity contribution >= 4 is 17.9 Å². The van der Waals surface area contributed by atoms with Gasteiger partial charge >= 0.3 is 17.9 Å². The second-order valence-electron chi connectivity index (χ2n) is 19.1. The third kappa shape index (κ3) is 59.8. The second-order valence-corrected chi connectivity index (χ2v) is 19.1. The second kappa shape index (κ2) is 61.6. The standard InChI is InChI=1S/C69H108O6/c1-4-7-10-13-16-19-22-24-25-26-27-28-29-30-31-32-33-34-35-36-37-38-39-40-41-42-43-45-47-50-53-56-59-62-68(71)74-65-66(64-73-67(70)61-58-55-52-49-46-21-18-15-12-9-6-3)75-69(72)63-60-57-54-51-48-44-23-20-17-14-11-8-5-2/h7-8,10-11,16-17,19-20,24-25,27-28,30-31,33-34,36-37,39-40,42-44,48,54,57,66H,4-6,9,12-15,18,21-23,26,29,32,35,38,41,45-47,49-53,55-56,58-65H2,1-3H3/b10-7-,11-8-,19-16-,20-17-,25-24-,28-27-,31-30-,34-33-,37-36-,40-39-,43-42-,48-44-,57-54-. The molecule has 0 rings (SSSR count). The van der Waals surface area contributed by atoms with Crippen LogP contribution in [0.2, 0.25) is 0 Å². The first-order valence-corrected chi connectivity index (χ1v) is 30.0. The SMILES string of the molecule is CC/C=C\C/C=C\C/C=C\C/C=C\C/C=C\C/C=C\C/C=C\C/C=C\C/C=C\CCCCCCCC(=O)OCC(COC(=O)CCCCCCCCCCCCC)OC(=O)CC/C=C\C/C=C\C/C=C\C/C=C\CC. The van der Waals surface area contributed by atoms with Gasteiger partial charge in [-0.2, -0.15) is 0 Å². The fraction of sp³-hybridized carbons (Fsp3) is 0.580. The molecule has 0 radical (unpaired) electrons. The molecule has 0 aromatic carbocycles. The van der Waals surface area contributed by atoms with Gasteiger partial charge in [-0.3, -0.25) is 14.4 Å². The van der Waals surface area contributed by atoms with E-state index in [1.807, 2.05) is 12.2 Å². The predicted octanol–water partition coefficient (Wildman–Crippen LogP) is 20.5. The maximum absolute atomic E-state index is 12.8. The van der Waals surface area contributed by atoms with Crippen molar-refractivity contribution in [3.8, 4) is 0 Å². The van der Waals surface area contributed by atoms with E-state index in [1.165, 1.54) is 51.4 Å². The average Bonchev–Trinajstić information content (AvgIpc) is 3.41. The third-order valence-corrected chi connectivity index (χ3v) is 12.0. The molecule has 0 aliphatic rings. The highest BCUT2D eigenvalue weighted by molar-refractivity contribution is 5.71. The maximum atomic E-state index is 12.8. The van der Waals surface area contributed by atoms with Crippen LogP contribution in [0.3, 0.4) is 0 Å². The van der Waals surface area contributed by atoms with Crippen molar-refractivity contribution in [2.75, 3.05) is 13.2 Å². The number of rotatable bonds is 52. The van der Waals surface area contributed by atoms with Crippen LogP contribution in [-0.4, -0.2) is 37.2 Å². The topological polar surface area (TPSA) is 78.9 Å². The Morgan fingerprint density at radius 1 is 0.280 bits per heavy atom. The molecule has 1 atom stereocenters. The Labute approximate surface area is 460 Å². The summed E-state index contributed by atoms with van der Waals surface area (Å²) in [5.74, 6) is -1.03. The van der Waals surface area contributed by atoms with Crippen LogP contribution < -0.4 is 0 Å². The molecule has 75 heavy (non-hydrogen) atoms. The average molecular weight is 1030 g/mol. The molecular formula is C69H108O6. The van der Waals surface area contributed by atoms with Gasteiger partial charge in [0.1, 0.15) is 13.2 Å². The van der Waals surface area contributed by atoms with Crippen LogP contribution >= 0.6 is 0 Å². The summed E-state index contributed by atoms with van der Waals surface area (Å²) in [4.78, 5) is 38.0. The molecule has 0 amide bonds. The lowest BCUT2D eigenvalue weighted by Crippen LogP contribution is -2.30. The van der Waals surface area contributed by atoms with E-state index in [2.05, 4.69) is 167 Å². The van der Waals surface area contributed by atoms with Crippen molar-refractivity contribution in [1.82, 2.24) is 0 Å². The van der Waals surface area contributed by atoms with E-state index in [0.29, 0.717) is 19.3 Å². The van der Waals surface area contributed by atoms with Crippen molar-refractivity contribution in [3.05, 3.63) is 158 Å². The summed E-state index contributed by atoms with van der Waals surface area (Å²) in [6.45, 7) is 6.31. The summed E-state index contributed by atoms with van der Waals surface area (Å²) < 4.78 is 16.7. The number of carbonyl (C=O) groups is 3. The Kier molecular flexibility index (Phi) is 57.5. The molecule has 6 heteroatoms. The third-order valence-electron chi connectivity index (χ3n) is 12.0. The van der Waals surface area contributed by atoms with Gasteiger partial charge in [0.2, 0.25) is 0 Å². The summed E-state index contributed by atoms with van der Waals surface area (Å²) in [5.41, 5.74) is 0. The molecule has 0 heterocycles. The Morgan fingerprint density at radius 2 is 0.547 bits per heavy atom. The van der Waals surface area contributed by atoms with Crippen molar-refractivity contribution in [2.24, 2.45) is 0 Å². The molecule has 6 nitrogen and oxygen atoms in total. The van der Waals surface area contributed by atoms with E-state index in [9.17, 15) is 14.4 Å². The zero-order valence-corrected chi connectivity index (χ0v) is 48.0. The minimum Gasteiger partial charge on any atom is -0.462 e. The fourth-order valence-corrected chi connectivity index (χ4v) is 7.62. The number of allylic oxidation sites excluding steroid dienone is 26. The van der Waals surface area contributed by atoms with E-state index in [1.54, 1.807) is 0 Å². The largest absolute Gasteiger partial charge is 0.462 e. The van der Waals surface area contributed by atoms with Gasteiger partial charge in [-0.15, -0.1) is 0 Å². The van der Waals surface area contributed by atoms with Crippen LogP contribution in [-0.2, 0) is 28.6 Å². The smallest absolute Gasteiger partial charge is 0.306 e. The molecule has 0 fully saturated rings. The molecule has 1 unspecified atom stereocenters. The van der Waals surface area contributed by atoms with Gasteiger partial charge in [0.25, 0.3) is 0 Å². The lowest BCUT2D eigenvalue weighted by molar-refractivity contribution is -0.166. The van der Waals surface area contributed by atoms with Gasteiger partial charge in [0.05, 0.1) is 0 Å². The highest BCUT2D eigenvalue weighted by Crippen LogP contribution is 2.14. The zero-order chi connectivity index (χ0) is 54.3. The van der Waals surface area contributed by atoms with Crippen molar-refractivity contribution < 1.29 is 28.6 Å². The first kappa shape index (κ1) is 70.0. The highest BCUT2D eigenvalue weighted by atomic mass is 16.6. The number of hydrogen-bond acceptors (Lipinski definition) is 6. The molecule has 0 aliphatic heterocycles. The summed E-state index contributed by atoms with van der Waals surface area (Å²) in [6.07, 6.45) is 89.8. The van der Waals surface area contributed by atoms with Crippen molar-refractivity contribution in [3.63, 3.8) is 0 Å². The number of esters is 3. The first-order valence-electron chi connectivity index (χ1n) is 30.0. The highest BCUT2D eigenvalue weighted by Gasteiger charge is 2.19. The summed E-state index contributed by atoms with van der Waals surface area (Å²) in [6, 6.07) is 0. The van der Waals surface area contributed by atoms with Crippen LogP contribution in [0.5, 0.6) is 0 Å². The Hall–Kier alpha value is -4.97. The fourth-order valence-electron chi connectivity index (χ4n) is 7.62. The molecule has 0 bridgehead atoms. The lowest BCUT2D eigenvalue weighted by Gasteiger charge is -2.18. The summed E-state index contributed by atoms with van der Waals surface area (Å²) >= 11 is 0. The Balaban J connectivity index is 4.32. The molecule has 0 spiro atoms. The molecule has 0 aromatic rings. The Morgan fingerprint density at radius 3 is 0.867 bits per heavy atom. The van der Waals surface area contributed by atoms with Crippen LogP contribution in [0.25, 0.3) is 0 Å². The van der Waals surface area contributed by atoms with E-state index in [4.69, 9.17) is 14.2 Å². The number of carbonyl (C=O) groups excluding carboxylic acids is 3. The van der Waals surface area contributed by atoms with Gasteiger partial charge in [0.15, 0.2) is 6.10 Å². The number of hydrogen-bond donors (Lipinski definition) is 0. The maximum Gasteiger partial charge on any atom is 0.306 e. The van der Waals surface area contributed by atoms with Gasteiger partial charge in [-0.25, -0.2) is 0 Å². The van der Waals surface area contributed by atoms with Crippen LogP contribution in [0.1, 0.15) is 239 Å². The van der Waals surface area contributed by atoms with Crippen LogP contribution in [0.4, 0.5) is 0 Å². The molecule has 0 saturated carbocycles. The van der Waals surface area contributed by atoms with E-state index >= 15 is 0 Å². The molecular weight excluding hydrogens is 925 g/mol. The van der Waals surface area contributed by atoms with Gasteiger partial charge in [0, 0.05) is 19.3 Å². The zero-order valence-electron chi connectivity index (χ0n) is 48.0. The van der Waals surface area contributed by atoms with E-state index in [0.717, 1.165) is 141 Å². The van der Waals surface area contributed by atoms with E-state index in [-0.39, 0.29) is 31.6 Å². The van der Waals surface area contributed by atoms with Crippen molar-refractivity contribution in [2.45, 2.75) is 245 Å². The lowest BCUT2D eigenvalue weighted by atomic mass is 10.1. The minimum atomic E-state index is -0.829. The molecule has 0 N–H and O–H groups in total. The summed E-state index contributed by atoms with van der Waals surface area (Å²) in [5, 5.41) is 0. The van der Waals surface area contributed by atoms with Gasteiger partial charge < -0.3 is 14.2 Å².